The molecule has 0 atom stereocenters. The first kappa shape index (κ1) is 22.7. The summed E-state index contributed by atoms with van der Waals surface area (Å²) >= 11 is 0. The first-order chi connectivity index (χ1) is 12.1. The van der Waals surface area contributed by atoms with Gasteiger partial charge in [-0.25, -0.2) is 0 Å². The summed E-state index contributed by atoms with van der Waals surface area (Å²) in [7, 11) is 0. The van der Waals surface area contributed by atoms with Crippen molar-refractivity contribution in [2.75, 3.05) is 18.5 Å². The van der Waals surface area contributed by atoms with E-state index in [0.29, 0.717) is 0 Å². The molecule has 0 aliphatic heterocycles. The minimum absolute atomic E-state index is 0.914. The molecule has 0 heterocycles. The third-order valence-corrected chi connectivity index (χ3v) is 12.0. The van der Waals surface area contributed by atoms with Gasteiger partial charge in [0.15, 0.2) is 0 Å². The van der Waals surface area contributed by atoms with E-state index in [1.54, 1.807) is 0 Å². The van der Waals surface area contributed by atoms with Gasteiger partial charge in [-0.1, -0.05) is 0 Å². The third-order valence-electron chi connectivity index (χ3n) is 6.14. The molecule has 0 radical (unpaired) electrons. The van der Waals surface area contributed by atoms with Crippen molar-refractivity contribution >= 4 is 6.83 Å². The zero-order valence-electron chi connectivity index (χ0n) is 17.2. The summed E-state index contributed by atoms with van der Waals surface area (Å²) in [4.78, 5) is 11.7. The van der Waals surface area contributed by atoms with E-state index in [9.17, 15) is 4.89 Å². The molecule has 0 amide bonds. The van der Waals surface area contributed by atoms with Crippen LogP contribution in [0.2, 0.25) is 0 Å². The molecule has 0 aliphatic rings. The standard InChI is InChI=1S/C23H43OP/c1-4-7-8-9-10-11-12-13-14-18-21-25(24,5-2,6-3)22-23-19-16-15-17-20-23/h15-17,19-20,24H,4-14,18,21-22H2,1-3H3. The van der Waals surface area contributed by atoms with Crippen LogP contribution in [0.3, 0.4) is 0 Å². The monoisotopic (exact) mass is 366 g/mol. The average molecular weight is 367 g/mol. The molecule has 0 aliphatic carbocycles. The van der Waals surface area contributed by atoms with Crippen molar-refractivity contribution in [2.45, 2.75) is 91.1 Å². The van der Waals surface area contributed by atoms with Gasteiger partial charge >= 0.3 is 157 Å². The van der Waals surface area contributed by atoms with Crippen LogP contribution < -0.4 is 0 Å². The molecule has 25 heavy (non-hydrogen) atoms. The van der Waals surface area contributed by atoms with E-state index in [1.807, 2.05) is 0 Å². The predicted octanol–water partition coefficient (Wildman–Crippen LogP) is 7.61. The van der Waals surface area contributed by atoms with Gasteiger partial charge in [0.2, 0.25) is 0 Å². The molecule has 0 bridgehead atoms. The fourth-order valence-corrected chi connectivity index (χ4v) is 7.77. The summed E-state index contributed by atoms with van der Waals surface area (Å²) < 4.78 is 0. The van der Waals surface area contributed by atoms with Crippen molar-refractivity contribution < 1.29 is 4.89 Å². The van der Waals surface area contributed by atoms with Crippen molar-refractivity contribution in [1.29, 1.82) is 0 Å². The van der Waals surface area contributed by atoms with Crippen LogP contribution >= 0.6 is 6.83 Å². The van der Waals surface area contributed by atoms with Gasteiger partial charge in [0.1, 0.15) is 0 Å². The topological polar surface area (TPSA) is 20.2 Å². The number of unbranched alkanes of at least 4 members (excludes halogenated alkanes) is 9. The van der Waals surface area contributed by atoms with E-state index in [-0.39, 0.29) is 0 Å². The molecule has 1 rings (SSSR count). The summed E-state index contributed by atoms with van der Waals surface area (Å²) in [5, 5.41) is 0. The second kappa shape index (κ2) is 12.1. The van der Waals surface area contributed by atoms with E-state index in [4.69, 9.17) is 0 Å². The van der Waals surface area contributed by atoms with Crippen molar-refractivity contribution in [2.24, 2.45) is 0 Å². The zero-order valence-corrected chi connectivity index (χ0v) is 18.1. The van der Waals surface area contributed by atoms with Gasteiger partial charge in [0.05, 0.1) is 0 Å². The van der Waals surface area contributed by atoms with Crippen LogP contribution in [0.15, 0.2) is 30.3 Å². The second-order valence-corrected chi connectivity index (χ2v) is 13.9. The molecule has 1 nitrogen and oxygen atoms in total. The van der Waals surface area contributed by atoms with Crippen LogP contribution in [0, 0.1) is 0 Å². The molecule has 0 fully saturated rings. The first-order valence-electron chi connectivity index (χ1n) is 10.9. The molecule has 146 valence electrons. The Balaban J connectivity index is 2.30. The zero-order chi connectivity index (χ0) is 18.5. The van der Waals surface area contributed by atoms with Crippen LogP contribution in [0.1, 0.15) is 90.5 Å². The van der Waals surface area contributed by atoms with Crippen molar-refractivity contribution in [3.63, 3.8) is 0 Å². The molecule has 1 N–H and O–H groups in total. The molecule has 2 heteroatoms. The Morgan fingerprint density at radius 1 is 0.680 bits per heavy atom. The molecule has 0 saturated carbocycles. The maximum absolute atomic E-state index is 11.7. The van der Waals surface area contributed by atoms with E-state index < -0.39 is 6.83 Å². The van der Waals surface area contributed by atoms with Crippen LogP contribution in [-0.2, 0) is 6.16 Å². The van der Waals surface area contributed by atoms with Gasteiger partial charge in [0, 0.05) is 0 Å². The van der Waals surface area contributed by atoms with Crippen LogP contribution in [0.4, 0.5) is 0 Å². The van der Waals surface area contributed by atoms with Crippen molar-refractivity contribution in [1.82, 2.24) is 0 Å². The van der Waals surface area contributed by atoms with Crippen LogP contribution in [0.5, 0.6) is 0 Å². The number of hydrogen-bond acceptors (Lipinski definition) is 1. The molecule has 0 unspecified atom stereocenters. The Kier molecular flexibility index (Phi) is 10.9. The summed E-state index contributed by atoms with van der Waals surface area (Å²) in [6.45, 7) is 4.14. The summed E-state index contributed by atoms with van der Waals surface area (Å²) in [5.74, 6) is 0. The number of hydrogen-bond donors (Lipinski definition) is 1. The average Bonchev–Trinajstić information content (AvgIpc) is 2.64. The van der Waals surface area contributed by atoms with Gasteiger partial charge < -0.3 is 0 Å². The Labute approximate surface area is 157 Å². The van der Waals surface area contributed by atoms with Gasteiger partial charge in [-0.15, -0.1) is 0 Å². The van der Waals surface area contributed by atoms with Crippen molar-refractivity contribution in [3.05, 3.63) is 35.9 Å². The fraction of sp³-hybridized carbons (Fsp3) is 0.739. The second-order valence-electron chi connectivity index (χ2n) is 8.09. The van der Waals surface area contributed by atoms with Gasteiger partial charge in [-0.3, -0.25) is 0 Å². The van der Waals surface area contributed by atoms with Crippen LogP contribution in [-0.4, -0.2) is 23.4 Å². The predicted molar refractivity (Wildman–Crippen MR) is 117 cm³/mol. The molecule has 1 aromatic carbocycles. The SMILES string of the molecule is CCCCCCCCCCCCP(O)(CC)(CC)Cc1ccccc1. The molecule has 0 aromatic heterocycles. The quantitative estimate of drug-likeness (QED) is 0.250. The first-order valence-corrected chi connectivity index (χ1v) is 13.8. The number of benzene rings is 1. The Morgan fingerprint density at radius 3 is 1.64 bits per heavy atom. The van der Waals surface area contributed by atoms with Gasteiger partial charge in [-0.05, 0) is 0 Å². The van der Waals surface area contributed by atoms with E-state index in [0.717, 1.165) is 24.6 Å². The summed E-state index contributed by atoms with van der Waals surface area (Å²) in [6.07, 6.45) is 17.5. The number of rotatable bonds is 15. The van der Waals surface area contributed by atoms with E-state index >= 15 is 0 Å². The van der Waals surface area contributed by atoms with Crippen LogP contribution in [0.25, 0.3) is 0 Å². The minimum atomic E-state index is -2.56. The Hall–Kier alpha value is -0.390. The molecule has 0 spiro atoms. The Morgan fingerprint density at radius 2 is 1.16 bits per heavy atom. The molecule has 0 saturated heterocycles. The van der Waals surface area contributed by atoms with E-state index in [2.05, 4.69) is 51.1 Å². The molecule has 1 aromatic rings. The Bertz CT molecular complexity index is 439. The fourth-order valence-electron chi connectivity index (χ4n) is 3.90. The molecular formula is C23H43OP. The third kappa shape index (κ3) is 8.69. The molecular weight excluding hydrogens is 323 g/mol. The normalized spacial score (nSPS) is 13.5. The van der Waals surface area contributed by atoms with Crippen molar-refractivity contribution in [3.8, 4) is 0 Å². The summed E-state index contributed by atoms with van der Waals surface area (Å²) in [5.41, 5.74) is 1.32. The van der Waals surface area contributed by atoms with Gasteiger partial charge in [0.25, 0.3) is 0 Å². The van der Waals surface area contributed by atoms with E-state index in [1.165, 1.54) is 69.8 Å². The summed E-state index contributed by atoms with van der Waals surface area (Å²) in [6, 6.07) is 10.6. The maximum atomic E-state index is 11.7. The van der Waals surface area contributed by atoms with Gasteiger partial charge in [-0.2, -0.15) is 0 Å².